The van der Waals surface area contributed by atoms with Crippen LogP contribution < -0.4 is 9.64 Å². The van der Waals surface area contributed by atoms with Crippen LogP contribution in [0.25, 0.3) is 0 Å². The molecule has 10 heteroatoms. The Morgan fingerprint density at radius 3 is 2.45 bits per heavy atom. The van der Waals surface area contributed by atoms with E-state index in [9.17, 15) is 18.5 Å². The summed E-state index contributed by atoms with van der Waals surface area (Å²) >= 11 is 0. The predicted molar refractivity (Wildman–Crippen MR) is 118 cm³/mol. The SMILES string of the molecule is COCCN1CCN(c2ccc(S(=O)(=O)Cc3cccc(OC)c3)cc2[N+](=O)[O-])CC1. The van der Waals surface area contributed by atoms with Crippen molar-refractivity contribution in [2.75, 3.05) is 58.5 Å². The third-order valence-corrected chi connectivity index (χ3v) is 7.00. The standard InChI is InChI=1S/C21H27N3O6S/c1-29-13-12-22-8-10-23(11-9-22)20-7-6-19(15-21(20)24(25)26)31(27,28)16-17-4-3-5-18(14-17)30-2/h3-7,14-15H,8-13,16H2,1-2H3. The van der Waals surface area contributed by atoms with E-state index in [4.69, 9.17) is 9.47 Å². The number of anilines is 1. The van der Waals surface area contributed by atoms with E-state index in [1.54, 1.807) is 37.4 Å². The zero-order chi connectivity index (χ0) is 22.4. The average Bonchev–Trinajstić information content (AvgIpc) is 2.77. The molecule has 2 aromatic carbocycles. The van der Waals surface area contributed by atoms with Crippen molar-refractivity contribution >= 4 is 21.2 Å². The molecule has 1 fully saturated rings. The highest BCUT2D eigenvalue weighted by Crippen LogP contribution is 2.32. The van der Waals surface area contributed by atoms with Crippen LogP contribution in [0.4, 0.5) is 11.4 Å². The maximum absolute atomic E-state index is 12.9. The van der Waals surface area contributed by atoms with Gasteiger partial charge in [0, 0.05) is 45.9 Å². The van der Waals surface area contributed by atoms with Crippen molar-refractivity contribution in [2.45, 2.75) is 10.6 Å². The molecule has 168 valence electrons. The Hall–Kier alpha value is -2.69. The Balaban J connectivity index is 1.81. The van der Waals surface area contributed by atoms with Gasteiger partial charge in [0.1, 0.15) is 11.4 Å². The molecule has 0 atom stereocenters. The molecule has 2 aromatic rings. The minimum absolute atomic E-state index is 0.0653. The smallest absolute Gasteiger partial charge is 0.293 e. The van der Waals surface area contributed by atoms with Crippen molar-refractivity contribution in [3.8, 4) is 5.75 Å². The summed E-state index contributed by atoms with van der Waals surface area (Å²) in [6.07, 6.45) is 0. The van der Waals surface area contributed by atoms with Gasteiger partial charge in [-0.1, -0.05) is 12.1 Å². The maximum Gasteiger partial charge on any atom is 0.293 e. The van der Waals surface area contributed by atoms with Crippen molar-refractivity contribution < 1.29 is 22.8 Å². The molecular weight excluding hydrogens is 422 g/mol. The van der Waals surface area contributed by atoms with Gasteiger partial charge in [-0.15, -0.1) is 0 Å². The first-order valence-corrected chi connectivity index (χ1v) is 11.6. The summed E-state index contributed by atoms with van der Waals surface area (Å²) in [5.41, 5.74) is 0.798. The highest BCUT2D eigenvalue weighted by atomic mass is 32.2. The van der Waals surface area contributed by atoms with Crippen LogP contribution in [0.2, 0.25) is 0 Å². The fraction of sp³-hybridized carbons (Fsp3) is 0.429. The molecule has 1 aliphatic rings. The van der Waals surface area contributed by atoms with E-state index >= 15 is 0 Å². The first-order valence-electron chi connectivity index (χ1n) is 9.94. The molecule has 0 spiro atoms. The number of nitro groups is 1. The molecule has 1 saturated heterocycles. The molecule has 0 unspecified atom stereocenters. The number of sulfone groups is 1. The molecule has 0 aromatic heterocycles. The van der Waals surface area contributed by atoms with E-state index in [1.807, 2.05) is 4.90 Å². The van der Waals surface area contributed by atoms with Crippen molar-refractivity contribution in [3.05, 3.63) is 58.1 Å². The topological polar surface area (TPSA) is 102 Å². The number of nitro benzene ring substituents is 1. The van der Waals surface area contributed by atoms with Gasteiger partial charge < -0.3 is 14.4 Å². The normalized spacial score (nSPS) is 15.1. The highest BCUT2D eigenvalue weighted by Gasteiger charge is 2.27. The first-order chi connectivity index (χ1) is 14.8. The van der Waals surface area contributed by atoms with Crippen LogP contribution in [-0.2, 0) is 20.3 Å². The lowest BCUT2D eigenvalue weighted by molar-refractivity contribution is -0.384. The van der Waals surface area contributed by atoms with Gasteiger partial charge in [0.15, 0.2) is 9.84 Å². The largest absolute Gasteiger partial charge is 0.497 e. The van der Waals surface area contributed by atoms with Gasteiger partial charge in [-0.3, -0.25) is 15.0 Å². The predicted octanol–water partition coefficient (Wildman–Crippen LogP) is 2.35. The molecule has 0 saturated carbocycles. The highest BCUT2D eigenvalue weighted by molar-refractivity contribution is 7.90. The van der Waals surface area contributed by atoms with Crippen LogP contribution in [0, 0.1) is 10.1 Å². The van der Waals surface area contributed by atoms with Crippen LogP contribution in [0.3, 0.4) is 0 Å². The number of methoxy groups -OCH3 is 2. The molecule has 0 aliphatic carbocycles. The third-order valence-electron chi connectivity index (χ3n) is 5.32. The van der Waals surface area contributed by atoms with Gasteiger partial charge in [-0.05, 0) is 29.8 Å². The second-order valence-electron chi connectivity index (χ2n) is 7.34. The summed E-state index contributed by atoms with van der Waals surface area (Å²) < 4.78 is 36.1. The van der Waals surface area contributed by atoms with Gasteiger partial charge in [-0.2, -0.15) is 0 Å². The number of hydrogen-bond acceptors (Lipinski definition) is 8. The summed E-state index contributed by atoms with van der Waals surface area (Å²) in [5.74, 6) is 0.289. The Kier molecular flexibility index (Phi) is 7.47. The number of nitrogens with zero attached hydrogens (tertiary/aromatic N) is 3. The quantitative estimate of drug-likeness (QED) is 0.425. The monoisotopic (exact) mass is 449 g/mol. The maximum atomic E-state index is 12.9. The van der Waals surface area contributed by atoms with Gasteiger partial charge in [0.05, 0.1) is 29.3 Å². The Labute approximate surface area is 182 Å². The third kappa shape index (κ3) is 5.72. The lowest BCUT2D eigenvalue weighted by atomic mass is 10.2. The van der Waals surface area contributed by atoms with E-state index in [0.717, 1.165) is 19.6 Å². The van der Waals surface area contributed by atoms with Gasteiger partial charge in [0.2, 0.25) is 0 Å². The zero-order valence-electron chi connectivity index (χ0n) is 17.7. The number of benzene rings is 2. The fourth-order valence-electron chi connectivity index (χ4n) is 3.61. The van der Waals surface area contributed by atoms with Crippen LogP contribution in [0.1, 0.15) is 5.56 Å². The molecule has 0 radical (unpaired) electrons. The second kappa shape index (κ2) is 10.1. The van der Waals surface area contributed by atoms with Crippen molar-refractivity contribution in [1.29, 1.82) is 0 Å². The Bertz CT molecular complexity index is 1020. The summed E-state index contributed by atoms with van der Waals surface area (Å²) in [7, 11) is -0.598. The first kappa shape index (κ1) is 23.0. The number of rotatable bonds is 9. The molecule has 9 nitrogen and oxygen atoms in total. The van der Waals surface area contributed by atoms with Crippen LogP contribution in [0.5, 0.6) is 5.75 Å². The molecule has 1 heterocycles. The molecule has 3 rings (SSSR count). The summed E-state index contributed by atoms with van der Waals surface area (Å²) in [6, 6.07) is 10.9. The zero-order valence-corrected chi connectivity index (χ0v) is 18.5. The van der Waals surface area contributed by atoms with Gasteiger partial charge in [0.25, 0.3) is 5.69 Å². The van der Waals surface area contributed by atoms with E-state index in [2.05, 4.69) is 4.90 Å². The lowest BCUT2D eigenvalue weighted by Crippen LogP contribution is -2.47. The number of hydrogen-bond donors (Lipinski definition) is 0. The summed E-state index contributed by atoms with van der Waals surface area (Å²) in [6.45, 7) is 4.22. The van der Waals surface area contributed by atoms with Gasteiger partial charge >= 0.3 is 0 Å². The number of piperazine rings is 1. The van der Waals surface area contributed by atoms with Gasteiger partial charge in [-0.25, -0.2) is 8.42 Å². The lowest BCUT2D eigenvalue weighted by Gasteiger charge is -2.35. The van der Waals surface area contributed by atoms with E-state index < -0.39 is 14.8 Å². The average molecular weight is 450 g/mol. The van der Waals surface area contributed by atoms with Crippen molar-refractivity contribution in [2.24, 2.45) is 0 Å². The number of ether oxygens (including phenoxy) is 2. The summed E-state index contributed by atoms with van der Waals surface area (Å²) in [5, 5.41) is 11.7. The van der Waals surface area contributed by atoms with E-state index in [0.29, 0.717) is 36.7 Å². The van der Waals surface area contributed by atoms with Crippen LogP contribution in [-0.4, -0.2) is 71.8 Å². The Morgan fingerprint density at radius 1 is 1.06 bits per heavy atom. The van der Waals surface area contributed by atoms with E-state index in [-0.39, 0.29) is 16.3 Å². The van der Waals surface area contributed by atoms with Crippen LogP contribution in [0.15, 0.2) is 47.4 Å². The molecule has 1 aliphatic heterocycles. The Morgan fingerprint density at radius 2 is 1.81 bits per heavy atom. The minimum atomic E-state index is -3.76. The fourth-order valence-corrected chi connectivity index (χ4v) is 4.96. The molecule has 0 bridgehead atoms. The molecular formula is C21H27N3O6S. The molecule has 0 N–H and O–H groups in total. The van der Waals surface area contributed by atoms with E-state index in [1.165, 1.54) is 19.2 Å². The van der Waals surface area contributed by atoms with Crippen molar-refractivity contribution in [3.63, 3.8) is 0 Å². The summed E-state index contributed by atoms with van der Waals surface area (Å²) in [4.78, 5) is 15.3. The molecule has 31 heavy (non-hydrogen) atoms. The molecule has 0 amide bonds. The van der Waals surface area contributed by atoms with Crippen molar-refractivity contribution in [1.82, 2.24) is 4.90 Å². The minimum Gasteiger partial charge on any atom is -0.497 e. The second-order valence-corrected chi connectivity index (χ2v) is 9.33. The van der Waals surface area contributed by atoms with Crippen LogP contribution >= 0.6 is 0 Å².